The van der Waals surface area contributed by atoms with E-state index in [9.17, 15) is 9.59 Å². The van der Waals surface area contributed by atoms with E-state index in [1.54, 1.807) is 13.2 Å². The number of nitrogens with one attached hydrogen (secondary N) is 1. The fraction of sp³-hybridized carbons (Fsp3) is 0.281. The number of hydrogen-bond donors (Lipinski definition) is 1. The number of amides is 2. The van der Waals surface area contributed by atoms with E-state index in [1.165, 1.54) is 6.42 Å². The van der Waals surface area contributed by atoms with E-state index in [-0.39, 0.29) is 18.4 Å². The van der Waals surface area contributed by atoms with Gasteiger partial charge in [-0.15, -0.1) is 0 Å². The molecule has 1 aliphatic heterocycles. The molecule has 1 aromatic heterocycles. The van der Waals surface area contributed by atoms with Crippen LogP contribution in [0, 0.1) is 6.92 Å². The molecule has 1 saturated heterocycles. The first-order chi connectivity index (χ1) is 19.0. The van der Waals surface area contributed by atoms with Crippen LogP contribution >= 0.6 is 0 Å². The van der Waals surface area contributed by atoms with E-state index in [0.29, 0.717) is 23.4 Å². The highest BCUT2D eigenvalue weighted by atomic mass is 16.5. The third-order valence-corrected chi connectivity index (χ3v) is 7.19. The molecule has 1 fully saturated rings. The smallest absolute Gasteiger partial charge is 0.255 e. The average Bonchev–Trinajstić information content (AvgIpc) is 3.27. The van der Waals surface area contributed by atoms with Crippen LogP contribution in [0.25, 0.3) is 11.3 Å². The predicted octanol–water partition coefficient (Wildman–Crippen LogP) is 5.72. The quantitative estimate of drug-likeness (QED) is 0.321. The molecule has 4 aromatic rings. The normalized spacial score (nSPS) is 13.2. The van der Waals surface area contributed by atoms with E-state index in [1.807, 2.05) is 77.2 Å². The monoisotopic (exact) mass is 522 g/mol. The molecule has 200 valence electrons. The van der Waals surface area contributed by atoms with Gasteiger partial charge in [0.2, 0.25) is 5.91 Å². The molecule has 0 saturated carbocycles. The van der Waals surface area contributed by atoms with Gasteiger partial charge in [-0.25, -0.2) is 0 Å². The first-order valence-electron chi connectivity index (χ1n) is 13.5. The summed E-state index contributed by atoms with van der Waals surface area (Å²) in [5, 5.41) is 7.78. The van der Waals surface area contributed by atoms with Crippen molar-refractivity contribution in [3.05, 3.63) is 101 Å². The summed E-state index contributed by atoms with van der Waals surface area (Å²) in [6.45, 7) is 3.84. The Morgan fingerprint density at radius 2 is 1.69 bits per heavy atom. The Morgan fingerprint density at radius 3 is 2.46 bits per heavy atom. The summed E-state index contributed by atoms with van der Waals surface area (Å²) in [6.07, 6.45) is 3.89. The van der Waals surface area contributed by atoms with Gasteiger partial charge in [0.25, 0.3) is 5.91 Å². The minimum absolute atomic E-state index is 0.108. The molecule has 1 N–H and O–H groups in total. The molecule has 0 radical (unpaired) electrons. The van der Waals surface area contributed by atoms with Gasteiger partial charge in [0.1, 0.15) is 12.3 Å². The first kappa shape index (κ1) is 26.2. The second kappa shape index (κ2) is 12.0. The molecule has 39 heavy (non-hydrogen) atoms. The molecular formula is C32H34N4O3. The topological polar surface area (TPSA) is 76.5 Å². The summed E-state index contributed by atoms with van der Waals surface area (Å²) < 4.78 is 7.12. The van der Waals surface area contributed by atoms with Crippen molar-refractivity contribution >= 4 is 17.5 Å². The maximum atomic E-state index is 13.2. The number of benzene rings is 3. The van der Waals surface area contributed by atoms with Gasteiger partial charge in [-0.3, -0.25) is 14.3 Å². The summed E-state index contributed by atoms with van der Waals surface area (Å²) >= 11 is 0. The number of carbonyl (C=O) groups is 2. The van der Waals surface area contributed by atoms with Crippen molar-refractivity contribution in [2.75, 3.05) is 25.5 Å². The van der Waals surface area contributed by atoms with Crippen LogP contribution in [0.2, 0.25) is 0 Å². The first-order valence-corrected chi connectivity index (χ1v) is 13.5. The lowest BCUT2D eigenvalue weighted by Crippen LogP contribution is -2.38. The number of anilines is 1. The molecule has 3 aromatic carbocycles. The Labute approximate surface area is 229 Å². The lowest BCUT2D eigenvalue weighted by Gasteiger charge is -2.27. The second-order valence-electron chi connectivity index (χ2n) is 9.94. The standard InChI is InChI=1S/C32H34N4O3/c1-23-29(20-24-11-9-14-26(19-24)32(38)33-27-15-10-16-28(21-27)39-2)31(25-12-5-3-6-13-25)36(34-23)22-30(37)35-17-7-4-8-18-35/h3,5-6,9-16,19,21H,4,7-8,17-18,20,22H2,1-2H3,(H,33,38). The van der Waals surface area contributed by atoms with Gasteiger partial charge >= 0.3 is 0 Å². The molecule has 0 unspecified atom stereocenters. The Bertz CT molecular complexity index is 1460. The van der Waals surface area contributed by atoms with Gasteiger partial charge in [0, 0.05) is 48.0 Å². The van der Waals surface area contributed by atoms with Gasteiger partial charge in [0.15, 0.2) is 0 Å². The van der Waals surface area contributed by atoms with Crippen LogP contribution < -0.4 is 10.1 Å². The molecule has 2 amide bonds. The number of aromatic nitrogens is 2. The van der Waals surface area contributed by atoms with Crippen molar-refractivity contribution in [1.82, 2.24) is 14.7 Å². The van der Waals surface area contributed by atoms with Gasteiger partial charge < -0.3 is 15.0 Å². The lowest BCUT2D eigenvalue weighted by atomic mass is 9.98. The highest BCUT2D eigenvalue weighted by Gasteiger charge is 2.22. The van der Waals surface area contributed by atoms with Crippen LogP contribution in [-0.2, 0) is 17.8 Å². The zero-order chi connectivity index (χ0) is 27.2. The molecule has 7 heteroatoms. The van der Waals surface area contributed by atoms with E-state index >= 15 is 0 Å². The highest BCUT2D eigenvalue weighted by Crippen LogP contribution is 2.29. The molecule has 5 rings (SSSR count). The molecular weight excluding hydrogens is 488 g/mol. The van der Waals surface area contributed by atoms with E-state index < -0.39 is 0 Å². The lowest BCUT2D eigenvalue weighted by molar-refractivity contribution is -0.132. The molecule has 0 bridgehead atoms. The average molecular weight is 523 g/mol. The van der Waals surface area contributed by atoms with Crippen LogP contribution in [0.1, 0.15) is 46.4 Å². The molecule has 2 heterocycles. The Morgan fingerprint density at radius 1 is 0.923 bits per heavy atom. The number of ether oxygens (including phenoxy) is 1. The SMILES string of the molecule is COc1cccc(NC(=O)c2cccc(Cc3c(C)nn(CC(=O)N4CCCCC4)c3-c3ccccc3)c2)c1. The van der Waals surface area contributed by atoms with Crippen LogP contribution in [0.3, 0.4) is 0 Å². The van der Waals surface area contributed by atoms with Crippen molar-refractivity contribution in [2.24, 2.45) is 0 Å². The number of methoxy groups -OCH3 is 1. The van der Waals surface area contributed by atoms with E-state index in [0.717, 1.165) is 54.0 Å². The third-order valence-electron chi connectivity index (χ3n) is 7.19. The van der Waals surface area contributed by atoms with Gasteiger partial charge in [-0.05, 0) is 56.0 Å². The minimum Gasteiger partial charge on any atom is -0.497 e. The highest BCUT2D eigenvalue weighted by molar-refractivity contribution is 6.04. The van der Waals surface area contributed by atoms with Crippen molar-refractivity contribution in [3.8, 4) is 17.0 Å². The van der Waals surface area contributed by atoms with Crippen LogP contribution in [-0.4, -0.2) is 46.7 Å². The van der Waals surface area contributed by atoms with Crippen LogP contribution in [0.5, 0.6) is 5.75 Å². The minimum atomic E-state index is -0.187. The maximum absolute atomic E-state index is 13.2. The van der Waals surface area contributed by atoms with Crippen molar-refractivity contribution in [2.45, 2.75) is 39.2 Å². The number of piperidine rings is 1. The summed E-state index contributed by atoms with van der Waals surface area (Å²) in [7, 11) is 1.60. The van der Waals surface area contributed by atoms with Gasteiger partial charge in [-0.2, -0.15) is 5.10 Å². The number of rotatable bonds is 8. The fourth-order valence-corrected chi connectivity index (χ4v) is 5.17. The molecule has 0 spiro atoms. The zero-order valence-corrected chi connectivity index (χ0v) is 22.5. The Kier molecular flexibility index (Phi) is 8.06. The fourth-order valence-electron chi connectivity index (χ4n) is 5.17. The Balaban J connectivity index is 1.41. The number of nitrogens with zero attached hydrogens (tertiary/aromatic N) is 3. The molecule has 0 atom stereocenters. The van der Waals surface area contributed by atoms with E-state index in [4.69, 9.17) is 9.84 Å². The number of aryl methyl sites for hydroxylation is 1. The molecule has 7 nitrogen and oxygen atoms in total. The number of hydrogen-bond acceptors (Lipinski definition) is 4. The van der Waals surface area contributed by atoms with Crippen LogP contribution in [0.15, 0.2) is 78.9 Å². The van der Waals surface area contributed by atoms with Gasteiger partial charge in [0.05, 0.1) is 18.5 Å². The van der Waals surface area contributed by atoms with Crippen molar-refractivity contribution in [3.63, 3.8) is 0 Å². The largest absolute Gasteiger partial charge is 0.497 e. The van der Waals surface area contributed by atoms with E-state index in [2.05, 4.69) is 17.4 Å². The molecule has 1 aliphatic rings. The zero-order valence-electron chi connectivity index (χ0n) is 22.5. The third kappa shape index (κ3) is 6.20. The van der Waals surface area contributed by atoms with Crippen molar-refractivity contribution < 1.29 is 14.3 Å². The van der Waals surface area contributed by atoms with Gasteiger partial charge in [-0.1, -0.05) is 48.5 Å². The van der Waals surface area contributed by atoms with Crippen molar-refractivity contribution in [1.29, 1.82) is 0 Å². The number of carbonyl (C=O) groups excluding carboxylic acids is 2. The molecule has 0 aliphatic carbocycles. The second-order valence-corrected chi connectivity index (χ2v) is 9.94. The predicted molar refractivity (Wildman–Crippen MR) is 153 cm³/mol. The van der Waals surface area contributed by atoms with Crippen LogP contribution in [0.4, 0.5) is 5.69 Å². The number of likely N-dealkylation sites (tertiary alicyclic amines) is 1. The summed E-state index contributed by atoms with van der Waals surface area (Å²) in [5.74, 6) is 0.603. The Hall–Kier alpha value is -4.39. The maximum Gasteiger partial charge on any atom is 0.255 e. The summed E-state index contributed by atoms with van der Waals surface area (Å²) in [4.78, 5) is 28.1. The summed E-state index contributed by atoms with van der Waals surface area (Å²) in [6, 6.07) is 25.0. The summed E-state index contributed by atoms with van der Waals surface area (Å²) in [5.41, 5.74) is 6.14.